The molecule has 3 rings (SSSR count). The zero-order valence-electron chi connectivity index (χ0n) is 19.1. The van der Waals surface area contributed by atoms with E-state index >= 15 is 0 Å². The normalized spacial score (nSPS) is 11.6. The van der Waals surface area contributed by atoms with Crippen LogP contribution in [-0.2, 0) is 21.0 Å². The van der Waals surface area contributed by atoms with Gasteiger partial charge in [0.25, 0.3) is 10.0 Å². The van der Waals surface area contributed by atoms with Crippen molar-refractivity contribution in [2.75, 3.05) is 30.4 Å². The summed E-state index contributed by atoms with van der Waals surface area (Å²) in [5.41, 5.74) is 0.133. The molecule has 0 aliphatic heterocycles. The zero-order valence-corrected chi connectivity index (χ0v) is 19.9. The maximum atomic E-state index is 13.5. The molecule has 0 bridgehead atoms. The highest BCUT2D eigenvalue weighted by Crippen LogP contribution is 2.35. The number of rotatable bonds is 8. The zero-order chi connectivity index (χ0) is 25.8. The molecule has 1 amide bonds. The first-order valence-electron chi connectivity index (χ1n) is 10.2. The molecule has 0 atom stereocenters. The molecule has 11 heteroatoms. The van der Waals surface area contributed by atoms with E-state index in [1.54, 1.807) is 19.1 Å². The lowest BCUT2D eigenvalue weighted by Gasteiger charge is -2.26. The lowest BCUT2D eigenvalue weighted by atomic mass is 10.2. The Balaban J connectivity index is 1.97. The van der Waals surface area contributed by atoms with Crippen LogP contribution in [-0.4, -0.2) is 35.1 Å². The first-order valence-corrected chi connectivity index (χ1v) is 11.7. The predicted molar refractivity (Wildman–Crippen MR) is 125 cm³/mol. The van der Waals surface area contributed by atoms with Gasteiger partial charge in [-0.15, -0.1) is 0 Å². The molecule has 0 aliphatic rings. The minimum atomic E-state index is -4.52. The van der Waals surface area contributed by atoms with Crippen molar-refractivity contribution in [3.8, 4) is 11.5 Å². The smallest absolute Gasteiger partial charge is 0.416 e. The van der Waals surface area contributed by atoms with E-state index < -0.39 is 34.2 Å². The molecule has 7 nitrogen and oxygen atoms in total. The first kappa shape index (κ1) is 25.9. The molecule has 0 aliphatic carbocycles. The van der Waals surface area contributed by atoms with Crippen LogP contribution < -0.4 is 19.1 Å². The molecule has 186 valence electrons. The Morgan fingerprint density at radius 3 is 2.11 bits per heavy atom. The number of ether oxygens (including phenoxy) is 2. The minimum absolute atomic E-state index is 0.0525. The largest absolute Gasteiger partial charge is 0.497 e. The molecule has 35 heavy (non-hydrogen) atoms. The fraction of sp³-hybridized carbons (Fsp3) is 0.208. The second-order valence-electron chi connectivity index (χ2n) is 7.49. The monoisotopic (exact) mass is 508 g/mol. The van der Waals surface area contributed by atoms with E-state index in [2.05, 4.69) is 5.32 Å². The highest BCUT2D eigenvalue weighted by Gasteiger charge is 2.31. The number of nitrogens with one attached hydrogen (secondary N) is 1. The summed E-state index contributed by atoms with van der Waals surface area (Å²) in [6, 6.07) is 14.3. The highest BCUT2D eigenvalue weighted by molar-refractivity contribution is 7.92. The molecule has 0 saturated heterocycles. The van der Waals surface area contributed by atoms with Crippen LogP contribution in [0.4, 0.5) is 24.5 Å². The average Bonchev–Trinajstić information content (AvgIpc) is 2.82. The number of sulfonamides is 1. The van der Waals surface area contributed by atoms with Crippen molar-refractivity contribution < 1.29 is 35.9 Å². The second-order valence-corrected chi connectivity index (χ2v) is 9.35. The van der Waals surface area contributed by atoms with Gasteiger partial charge in [0, 0.05) is 11.8 Å². The van der Waals surface area contributed by atoms with Crippen molar-refractivity contribution in [2.24, 2.45) is 0 Å². The van der Waals surface area contributed by atoms with Crippen LogP contribution in [0.25, 0.3) is 0 Å². The van der Waals surface area contributed by atoms with Gasteiger partial charge in [-0.25, -0.2) is 8.42 Å². The van der Waals surface area contributed by atoms with Crippen molar-refractivity contribution in [1.29, 1.82) is 0 Å². The van der Waals surface area contributed by atoms with E-state index in [-0.39, 0.29) is 22.0 Å². The van der Waals surface area contributed by atoms with Gasteiger partial charge in [0.05, 0.1) is 30.4 Å². The summed E-state index contributed by atoms with van der Waals surface area (Å²) in [6.07, 6.45) is -4.52. The molecule has 0 radical (unpaired) electrons. The van der Waals surface area contributed by atoms with Crippen LogP contribution in [0.3, 0.4) is 0 Å². The van der Waals surface area contributed by atoms with Crippen molar-refractivity contribution in [1.82, 2.24) is 0 Å². The summed E-state index contributed by atoms with van der Waals surface area (Å²) in [5.74, 6) is -0.215. The number of halogens is 3. The van der Waals surface area contributed by atoms with Crippen molar-refractivity contribution in [2.45, 2.75) is 18.0 Å². The fourth-order valence-electron chi connectivity index (χ4n) is 3.20. The standard InChI is InChI=1S/C24H23F3N2O5S/c1-16-4-11-20(12-5-16)35(31,32)29(21-13-10-19(33-2)14-22(21)34-3)15-23(30)28-18-8-6-17(7-9-18)24(25,26)27/h4-14H,15H2,1-3H3,(H,28,30). The molecular weight excluding hydrogens is 485 g/mol. The Hall–Kier alpha value is -3.73. The third-order valence-electron chi connectivity index (χ3n) is 5.05. The van der Waals surface area contributed by atoms with Gasteiger partial charge >= 0.3 is 6.18 Å². The number of carbonyl (C=O) groups excluding carboxylic acids is 1. The molecule has 0 heterocycles. The Morgan fingerprint density at radius 2 is 1.57 bits per heavy atom. The predicted octanol–water partition coefficient (Wildman–Crippen LogP) is 4.87. The number of hydrogen-bond donors (Lipinski definition) is 1. The minimum Gasteiger partial charge on any atom is -0.497 e. The maximum Gasteiger partial charge on any atom is 0.416 e. The number of carbonyl (C=O) groups is 1. The van der Waals surface area contributed by atoms with Gasteiger partial charge in [-0.1, -0.05) is 17.7 Å². The molecule has 0 saturated carbocycles. The fourth-order valence-corrected chi connectivity index (χ4v) is 4.63. The van der Waals surface area contributed by atoms with Crippen LogP contribution in [0.5, 0.6) is 11.5 Å². The first-order chi connectivity index (χ1) is 16.5. The lowest BCUT2D eigenvalue weighted by Crippen LogP contribution is -2.38. The van der Waals surface area contributed by atoms with E-state index in [1.165, 1.54) is 44.6 Å². The summed E-state index contributed by atoms with van der Waals surface area (Å²) < 4.78 is 76.9. The molecule has 1 N–H and O–H groups in total. The van der Waals surface area contributed by atoms with E-state index in [0.29, 0.717) is 5.75 Å². The van der Waals surface area contributed by atoms with Crippen LogP contribution in [0, 0.1) is 6.92 Å². The summed E-state index contributed by atoms with van der Waals surface area (Å²) in [7, 11) is -1.45. The molecule has 3 aromatic rings. The third-order valence-corrected chi connectivity index (χ3v) is 6.82. The van der Waals surface area contributed by atoms with Crippen molar-refractivity contribution in [3.63, 3.8) is 0 Å². The Kier molecular flexibility index (Phi) is 7.59. The Bertz CT molecular complexity index is 1290. The molecule has 3 aromatic carbocycles. The number of amides is 1. The van der Waals surface area contributed by atoms with Crippen LogP contribution in [0.15, 0.2) is 71.6 Å². The van der Waals surface area contributed by atoms with Gasteiger partial charge in [-0.2, -0.15) is 13.2 Å². The highest BCUT2D eigenvalue weighted by atomic mass is 32.2. The molecule has 0 spiro atoms. The average molecular weight is 509 g/mol. The third kappa shape index (κ3) is 6.04. The number of hydrogen-bond acceptors (Lipinski definition) is 5. The summed E-state index contributed by atoms with van der Waals surface area (Å²) >= 11 is 0. The summed E-state index contributed by atoms with van der Waals surface area (Å²) in [6.45, 7) is 1.14. The van der Waals surface area contributed by atoms with Crippen LogP contribution in [0.2, 0.25) is 0 Å². The molecule has 0 aromatic heterocycles. The Labute approximate surface area is 201 Å². The van der Waals surface area contributed by atoms with Gasteiger partial charge in [0.15, 0.2) is 0 Å². The molecule has 0 unspecified atom stereocenters. The summed E-state index contributed by atoms with van der Waals surface area (Å²) in [5, 5.41) is 2.44. The van der Waals surface area contributed by atoms with E-state index in [1.807, 2.05) is 0 Å². The SMILES string of the molecule is COc1ccc(N(CC(=O)Nc2ccc(C(F)(F)F)cc2)S(=O)(=O)c2ccc(C)cc2)c(OC)c1. The van der Waals surface area contributed by atoms with Gasteiger partial charge in [0.1, 0.15) is 18.0 Å². The number of methoxy groups -OCH3 is 2. The quantitative estimate of drug-likeness (QED) is 0.470. The summed E-state index contributed by atoms with van der Waals surface area (Å²) in [4.78, 5) is 12.8. The van der Waals surface area contributed by atoms with Gasteiger partial charge in [-0.3, -0.25) is 9.10 Å². The van der Waals surface area contributed by atoms with Crippen LogP contribution in [0.1, 0.15) is 11.1 Å². The number of alkyl halides is 3. The number of aryl methyl sites for hydroxylation is 1. The molecule has 0 fully saturated rings. The van der Waals surface area contributed by atoms with Crippen LogP contribution >= 0.6 is 0 Å². The number of benzene rings is 3. The number of nitrogens with zero attached hydrogens (tertiary/aromatic N) is 1. The number of anilines is 2. The second kappa shape index (κ2) is 10.3. The van der Waals surface area contributed by atoms with Gasteiger partial charge in [-0.05, 0) is 55.5 Å². The van der Waals surface area contributed by atoms with E-state index in [4.69, 9.17) is 9.47 Å². The van der Waals surface area contributed by atoms with Gasteiger partial charge in [0.2, 0.25) is 5.91 Å². The van der Waals surface area contributed by atoms with E-state index in [0.717, 1.165) is 34.1 Å². The van der Waals surface area contributed by atoms with E-state index in [9.17, 15) is 26.4 Å². The maximum absolute atomic E-state index is 13.5. The lowest BCUT2D eigenvalue weighted by molar-refractivity contribution is -0.137. The van der Waals surface area contributed by atoms with Crippen molar-refractivity contribution in [3.05, 3.63) is 77.9 Å². The molecular formula is C24H23F3N2O5S. The van der Waals surface area contributed by atoms with Crippen molar-refractivity contribution >= 4 is 27.3 Å². The van der Waals surface area contributed by atoms with Gasteiger partial charge < -0.3 is 14.8 Å². The Morgan fingerprint density at radius 1 is 0.943 bits per heavy atom. The topological polar surface area (TPSA) is 84.9 Å².